The van der Waals surface area contributed by atoms with Crippen LogP contribution >= 0.6 is 0 Å². The molecule has 0 fully saturated rings. The first-order chi connectivity index (χ1) is 16.5. The van der Waals surface area contributed by atoms with E-state index in [9.17, 15) is 19.1 Å². The lowest BCUT2D eigenvalue weighted by molar-refractivity contribution is -0.129. The summed E-state index contributed by atoms with van der Waals surface area (Å²) in [5, 5.41) is 11.6. The van der Waals surface area contributed by atoms with Crippen LogP contribution in [0.15, 0.2) is 82.8 Å². The van der Waals surface area contributed by atoms with Crippen molar-refractivity contribution in [3.05, 3.63) is 101 Å². The number of nitrogens with one attached hydrogen (secondary N) is 1. The summed E-state index contributed by atoms with van der Waals surface area (Å²) in [6, 6.07) is 13.4. The van der Waals surface area contributed by atoms with E-state index in [-0.39, 0.29) is 23.4 Å². The molecule has 1 amide bonds. The predicted molar refractivity (Wildman–Crippen MR) is 122 cm³/mol. The van der Waals surface area contributed by atoms with E-state index in [4.69, 9.17) is 9.15 Å². The highest BCUT2D eigenvalue weighted by Crippen LogP contribution is 2.40. The number of aliphatic hydroxyl groups is 1. The van der Waals surface area contributed by atoms with Crippen molar-refractivity contribution in [2.24, 2.45) is 0 Å². The average molecular weight is 460 g/mol. The number of furan rings is 1. The van der Waals surface area contributed by atoms with E-state index in [1.807, 2.05) is 24.4 Å². The molecule has 4 aromatic rings. The van der Waals surface area contributed by atoms with Crippen LogP contribution < -0.4 is 4.74 Å². The van der Waals surface area contributed by atoms with Crippen LogP contribution in [-0.4, -0.2) is 40.3 Å². The fourth-order valence-electron chi connectivity index (χ4n) is 4.41. The normalized spacial score (nSPS) is 16.0. The molecule has 0 bridgehead atoms. The van der Waals surface area contributed by atoms with Gasteiger partial charge in [0.05, 0.1) is 25.0 Å². The molecule has 8 heteroatoms. The van der Waals surface area contributed by atoms with Gasteiger partial charge in [-0.1, -0.05) is 18.2 Å². The number of benzene rings is 2. The zero-order valence-corrected chi connectivity index (χ0v) is 18.2. The number of ketones is 1. The van der Waals surface area contributed by atoms with Gasteiger partial charge in [0.25, 0.3) is 5.91 Å². The number of methoxy groups -OCH3 is 1. The molecular weight excluding hydrogens is 439 g/mol. The predicted octanol–water partition coefficient (Wildman–Crippen LogP) is 4.73. The molecule has 1 atom stereocenters. The summed E-state index contributed by atoms with van der Waals surface area (Å²) < 4.78 is 25.4. The van der Waals surface area contributed by atoms with Crippen LogP contribution in [0, 0.1) is 5.82 Å². The van der Waals surface area contributed by atoms with Crippen LogP contribution in [0.1, 0.15) is 27.7 Å². The van der Waals surface area contributed by atoms with Gasteiger partial charge in [-0.2, -0.15) is 0 Å². The lowest BCUT2D eigenvalue weighted by atomic mass is 9.94. The molecule has 1 unspecified atom stereocenters. The number of aromatic nitrogens is 1. The Balaban J connectivity index is 1.52. The van der Waals surface area contributed by atoms with Crippen LogP contribution in [-0.2, 0) is 11.2 Å². The second kappa shape index (κ2) is 8.55. The Morgan fingerprint density at radius 3 is 2.76 bits per heavy atom. The third-order valence-electron chi connectivity index (χ3n) is 6.09. The lowest BCUT2D eigenvalue weighted by Crippen LogP contribution is -2.33. The van der Waals surface area contributed by atoms with E-state index in [0.29, 0.717) is 12.2 Å². The molecule has 34 heavy (non-hydrogen) atoms. The molecule has 0 spiro atoms. The topological polar surface area (TPSA) is 95.8 Å². The van der Waals surface area contributed by atoms with Crippen molar-refractivity contribution in [2.45, 2.75) is 12.5 Å². The van der Waals surface area contributed by atoms with E-state index in [1.165, 1.54) is 41.5 Å². The molecule has 172 valence electrons. The minimum Gasteiger partial charge on any atom is -0.503 e. The molecular formula is C26H21FN2O5. The van der Waals surface area contributed by atoms with Crippen LogP contribution in [0.25, 0.3) is 10.9 Å². The summed E-state index contributed by atoms with van der Waals surface area (Å²) >= 11 is 0. The monoisotopic (exact) mass is 460 g/mol. The molecule has 3 heterocycles. The molecule has 2 aromatic carbocycles. The number of amides is 1. The first-order valence-electron chi connectivity index (χ1n) is 10.7. The Kier molecular flexibility index (Phi) is 5.41. The number of ether oxygens (including phenoxy) is 1. The Morgan fingerprint density at radius 2 is 2.03 bits per heavy atom. The van der Waals surface area contributed by atoms with Gasteiger partial charge < -0.3 is 24.1 Å². The lowest BCUT2D eigenvalue weighted by Gasteiger charge is -2.27. The van der Waals surface area contributed by atoms with Gasteiger partial charge in [0.15, 0.2) is 11.5 Å². The summed E-state index contributed by atoms with van der Waals surface area (Å²) in [6.45, 7) is 0.140. The Hall–Kier alpha value is -4.33. The Labute approximate surface area is 194 Å². The number of aliphatic hydroxyl groups excluding tert-OH is 1. The number of carbonyl (C=O) groups is 2. The zero-order valence-electron chi connectivity index (χ0n) is 18.2. The average Bonchev–Trinajstić information content (AvgIpc) is 3.57. The minimum absolute atomic E-state index is 0.0405. The van der Waals surface area contributed by atoms with Crippen molar-refractivity contribution >= 4 is 22.6 Å². The SMILES string of the molecule is COc1ccc2[nH]cc(CCN3C(=O)C(O)=C(C(=O)c4ccco4)C3c3ccccc3F)c2c1. The largest absolute Gasteiger partial charge is 0.503 e. The summed E-state index contributed by atoms with van der Waals surface area (Å²) in [6.07, 6.45) is 3.56. The summed E-state index contributed by atoms with van der Waals surface area (Å²) in [7, 11) is 1.58. The van der Waals surface area contributed by atoms with E-state index in [2.05, 4.69) is 4.98 Å². The van der Waals surface area contributed by atoms with E-state index >= 15 is 0 Å². The molecule has 1 aliphatic rings. The maximum absolute atomic E-state index is 14.9. The van der Waals surface area contributed by atoms with Gasteiger partial charge in [-0.05, 0) is 48.4 Å². The number of hydrogen-bond acceptors (Lipinski definition) is 5. The quantitative estimate of drug-likeness (QED) is 0.389. The van der Waals surface area contributed by atoms with Gasteiger partial charge in [0, 0.05) is 29.2 Å². The number of rotatable bonds is 7. The molecule has 7 nitrogen and oxygen atoms in total. The van der Waals surface area contributed by atoms with Crippen molar-refractivity contribution in [2.75, 3.05) is 13.7 Å². The van der Waals surface area contributed by atoms with Gasteiger partial charge in [0.2, 0.25) is 5.78 Å². The van der Waals surface area contributed by atoms with Crippen LogP contribution in [0.4, 0.5) is 4.39 Å². The maximum atomic E-state index is 14.9. The van der Waals surface area contributed by atoms with Gasteiger partial charge in [0.1, 0.15) is 11.6 Å². The number of H-pyrrole nitrogens is 1. The maximum Gasteiger partial charge on any atom is 0.290 e. The second-order valence-electron chi connectivity index (χ2n) is 7.97. The van der Waals surface area contributed by atoms with Crippen molar-refractivity contribution in [3.8, 4) is 5.75 Å². The van der Waals surface area contributed by atoms with Gasteiger partial charge in [-0.25, -0.2) is 4.39 Å². The highest BCUT2D eigenvalue weighted by atomic mass is 19.1. The third-order valence-corrected chi connectivity index (χ3v) is 6.09. The highest BCUT2D eigenvalue weighted by Gasteiger charge is 2.45. The van der Waals surface area contributed by atoms with E-state index in [0.717, 1.165) is 16.5 Å². The summed E-state index contributed by atoms with van der Waals surface area (Å²) in [5.41, 5.74) is 1.74. The summed E-state index contributed by atoms with van der Waals surface area (Å²) in [5.74, 6) is -2.03. The van der Waals surface area contributed by atoms with Gasteiger partial charge in [-0.3, -0.25) is 9.59 Å². The first kappa shape index (κ1) is 21.5. The fraction of sp³-hybridized carbons (Fsp3) is 0.154. The third kappa shape index (κ3) is 3.53. The molecule has 0 saturated carbocycles. The standard InChI is InChI=1S/C26H21FN2O5/c1-33-16-8-9-20-18(13-16)15(14-28-20)10-11-29-23(17-5-2-3-6-19(17)27)22(25(31)26(29)32)24(30)21-7-4-12-34-21/h2-9,12-14,23,28,31H,10-11H2,1H3. The minimum atomic E-state index is -1.09. The molecule has 0 radical (unpaired) electrons. The van der Waals surface area contributed by atoms with Crippen LogP contribution in [0.2, 0.25) is 0 Å². The molecule has 0 saturated heterocycles. The van der Waals surface area contributed by atoms with Crippen LogP contribution in [0.5, 0.6) is 5.75 Å². The Morgan fingerprint density at radius 1 is 1.21 bits per heavy atom. The molecule has 5 rings (SSSR count). The van der Waals surface area contributed by atoms with Crippen molar-refractivity contribution in [3.63, 3.8) is 0 Å². The number of carbonyl (C=O) groups excluding carboxylic acids is 2. The molecule has 2 aromatic heterocycles. The number of nitrogens with zero attached hydrogens (tertiary/aromatic N) is 1. The van der Waals surface area contributed by atoms with E-state index in [1.54, 1.807) is 13.2 Å². The number of aromatic amines is 1. The van der Waals surface area contributed by atoms with Crippen molar-refractivity contribution in [1.82, 2.24) is 9.88 Å². The zero-order chi connectivity index (χ0) is 23.8. The molecule has 0 aliphatic carbocycles. The number of fused-ring (bicyclic) bond motifs is 1. The fourth-order valence-corrected chi connectivity index (χ4v) is 4.41. The smallest absolute Gasteiger partial charge is 0.290 e. The van der Waals surface area contributed by atoms with E-state index < -0.39 is 29.3 Å². The van der Waals surface area contributed by atoms with Crippen molar-refractivity contribution < 1.29 is 28.2 Å². The molecule has 2 N–H and O–H groups in total. The first-order valence-corrected chi connectivity index (χ1v) is 10.7. The number of Topliss-reactive ketones (excluding diaryl/α,β-unsaturated/α-hetero) is 1. The highest BCUT2D eigenvalue weighted by molar-refractivity contribution is 6.15. The van der Waals surface area contributed by atoms with Crippen LogP contribution in [0.3, 0.4) is 0 Å². The summed E-state index contributed by atoms with van der Waals surface area (Å²) in [4.78, 5) is 30.8. The van der Waals surface area contributed by atoms with Crippen molar-refractivity contribution in [1.29, 1.82) is 0 Å². The Bertz CT molecular complexity index is 1420. The van der Waals surface area contributed by atoms with Gasteiger partial charge in [-0.15, -0.1) is 0 Å². The number of hydrogen-bond donors (Lipinski definition) is 2. The van der Waals surface area contributed by atoms with Gasteiger partial charge >= 0.3 is 0 Å². The number of halogens is 1. The second-order valence-corrected chi connectivity index (χ2v) is 7.97. The molecule has 1 aliphatic heterocycles.